The monoisotopic (exact) mass is 333 g/mol. The number of aryl methyl sites for hydroxylation is 1. The minimum Gasteiger partial charge on any atom is -0.465 e. The maximum absolute atomic E-state index is 13.6. The maximum atomic E-state index is 13.6. The van der Waals surface area contributed by atoms with Crippen LogP contribution in [0.2, 0.25) is 0 Å². The van der Waals surface area contributed by atoms with Gasteiger partial charge >= 0.3 is 5.97 Å². The van der Waals surface area contributed by atoms with E-state index in [0.717, 1.165) is 14.5 Å². The summed E-state index contributed by atoms with van der Waals surface area (Å²) >= 11 is 2.13. The smallest absolute Gasteiger partial charge is 0.340 e. The number of hydrogen-bond acceptors (Lipinski definition) is 2. The number of esters is 1. The third-order valence-corrected chi connectivity index (χ3v) is 3.29. The predicted molar refractivity (Wildman–Crippen MR) is 66.9 cm³/mol. The highest BCUT2D eigenvalue weighted by molar-refractivity contribution is 14.1. The van der Waals surface area contributed by atoms with Crippen molar-refractivity contribution in [3.8, 4) is 0 Å². The molecule has 0 aliphatic heterocycles. The van der Waals surface area contributed by atoms with Crippen molar-refractivity contribution in [3.63, 3.8) is 0 Å². The first-order chi connectivity index (χ1) is 7.54. The molecule has 0 bridgehead atoms. The van der Waals surface area contributed by atoms with E-state index in [-0.39, 0.29) is 5.56 Å². The summed E-state index contributed by atoms with van der Waals surface area (Å²) in [7, 11) is 3.09. The van der Waals surface area contributed by atoms with Gasteiger partial charge in [-0.1, -0.05) is 0 Å². The number of carbonyl (C=O) groups is 1. The molecule has 5 heteroatoms. The van der Waals surface area contributed by atoms with Crippen molar-refractivity contribution in [1.29, 1.82) is 0 Å². The normalized spacial score (nSPS) is 10.8. The number of fused-ring (bicyclic) bond motifs is 1. The topological polar surface area (TPSA) is 31.2 Å². The van der Waals surface area contributed by atoms with Gasteiger partial charge in [0.2, 0.25) is 0 Å². The largest absolute Gasteiger partial charge is 0.465 e. The molecule has 0 unspecified atom stereocenters. The fourth-order valence-electron chi connectivity index (χ4n) is 1.62. The molecular formula is C11H9FINO2. The van der Waals surface area contributed by atoms with Crippen molar-refractivity contribution in [3.05, 3.63) is 33.3 Å². The number of methoxy groups -OCH3 is 1. The molecule has 0 saturated carbocycles. The lowest BCUT2D eigenvalue weighted by atomic mass is 10.1. The Labute approximate surface area is 105 Å². The first kappa shape index (κ1) is 11.4. The van der Waals surface area contributed by atoms with Gasteiger partial charge in [0.1, 0.15) is 5.82 Å². The lowest BCUT2D eigenvalue weighted by Crippen LogP contribution is -2.04. The van der Waals surface area contributed by atoms with Crippen LogP contribution >= 0.6 is 22.6 Å². The summed E-state index contributed by atoms with van der Waals surface area (Å²) in [6.45, 7) is 0. The van der Waals surface area contributed by atoms with E-state index in [4.69, 9.17) is 0 Å². The van der Waals surface area contributed by atoms with Gasteiger partial charge in [0.15, 0.2) is 0 Å². The molecular weight excluding hydrogens is 324 g/mol. The Kier molecular flexibility index (Phi) is 2.88. The summed E-state index contributed by atoms with van der Waals surface area (Å²) in [5.41, 5.74) is 0.777. The molecule has 3 nitrogen and oxygen atoms in total. The molecule has 0 aliphatic rings. The number of halogens is 2. The summed E-state index contributed by atoms with van der Waals surface area (Å²) in [4.78, 5) is 11.3. The highest BCUT2D eigenvalue weighted by Crippen LogP contribution is 2.25. The van der Waals surface area contributed by atoms with E-state index in [1.807, 2.05) is 17.8 Å². The molecule has 0 fully saturated rings. The number of benzene rings is 1. The zero-order valence-corrected chi connectivity index (χ0v) is 10.9. The SMILES string of the molecule is COC(=O)c1cc2c(cc1F)c(I)cn2C. The molecule has 0 spiro atoms. The molecule has 0 saturated heterocycles. The molecule has 2 aromatic rings. The van der Waals surface area contributed by atoms with Gasteiger partial charge < -0.3 is 9.30 Å². The number of ether oxygens (including phenoxy) is 1. The summed E-state index contributed by atoms with van der Waals surface area (Å²) in [6, 6.07) is 2.88. The van der Waals surface area contributed by atoms with Crippen LogP contribution in [0, 0.1) is 9.39 Å². The lowest BCUT2D eigenvalue weighted by molar-refractivity contribution is 0.0595. The molecule has 84 valence electrons. The predicted octanol–water partition coefficient (Wildman–Crippen LogP) is 2.71. The quantitative estimate of drug-likeness (QED) is 0.594. The number of carbonyl (C=O) groups excluding carboxylic acids is 1. The third kappa shape index (κ3) is 1.68. The van der Waals surface area contributed by atoms with E-state index < -0.39 is 11.8 Å². The van der Waals surface area contributed by atoms with Crippen LogP contribution in [0.1, 0.15) is 10.4 Å². The standard InChI is InChI=1S/C11H9FINO2/c1-14-5-9(13)7-3-8(12)6(4-10(7)14)11(15)16-2/h3-5H,1-2H3. The zero-order chi connectivity index (χ0) is 11.9. The van der Waals surface area contributed by atoms with E-state index in [1.54, 1.807) is 0 Å². The Morgan fingerprint density at radius 3 is 2.81 bits per heavy atom. The van der Waals surface area contributed by atoms with Crippen LogP contribution < -0.4 is 0 Å². The fraction of sp³-hybridized carbons (Fsp3) is 0.182. The van der Waals surface area contributed by atoms with Gasteiger partial charge in [-0.15, -0.1) is 0 Å². The van der Waals surface area contributed by atoms with Gasteiger partial charge in [-0.3, -0.25) is 0 Å². The van der Waals surface area contributed by atoms with Gasteiger partial charge in [0, 0.05) is 27.7 Å². The van der Waals surface area contributed by atoms with Gasteiger partial charge in [0.05, 0.1) is 12.7 Å². The Morgan fingerprint density at radius 2 is 2.19 bits per heavy atom. The average Bonchev–Trinajstić information content (AvgIpc) is 2.52. The van der Waals surface area contributed by atoms with Crippen LogP contribution in [0.3, 0.4) is 0 Å². The van der Waals surface area contributed by atoms with Crippen LogP contribution in [0.4, 0.5) is 4.39 Å². The molecule has 0 aliphatic carbocycles. The second-order valence-electron chi connectivity index (χ2n) is 3.43. The Balaban J connectivity index is 2.75. The van der Waals surface area contributed by atoms with Crippen molar-refractivity contribution in [1.82, 2.24) is 4.57 Å². The maximum Gasteiger partial charge on any atom is 0.340 e. The Morgan fingerprint density at radius 1 is 1.50 bits per heavy atom. The summed E-state index contributed by atoms with van der Waals surface area (Å²) in [5, 5.41) is 0.799. The van der Waals surface area contributed by atoms with Crippen molar-refractivity contribution >= 4 is 39.5 Å². The van der Waals surface area contributed by atoms with Crippen molar-refractivity contribution in [2.75, 3.05) is 7.11 Å². The van der Waals surface area contributed by atoms with E-state index in [0.29, 0.717) is 0 Å². The van der Waals surface area contributed by atoms with Gasteiger partial charge in [-0.05, 0) is 34.7 Å². The third-order valence-electron chi connectivity index (χ3n) is 2.43. The van der Waals surface area contributed by atoms with Gasteiger partial charge in [-0.2, -0.15) is 0 Å². The fourth-order valence-corrected chi connectivity index (χ4v) is 2.47. The number of rotatable bonds is 1. The molecule has 0 amide bonds. The molecule has 16 heavy (non-hydrogen) atoms. The van der Waals surface area contributed by atoms with E-state index in [1.165, 1.54) is 19.2 Å². The van der Waals surface area contributed by atoms with Gasteiger partial charge in [0.25, 0.3) is 0 Å². The Hall–Kier alpha value is -1.11. The van der Waals surface area contributed by atoms with E-state index in [2.05, 4.69) is 27.3 Å². The second-order valence-corrected chi connectivity index (χ2v) is 4.59. The molecule has 0 atom stereocenters. The molecule has 0 N–H and O–H groups in total. The number of aromatic nitrogens is 1. The minimum absolute atomic E-state index is 0.0346. The first-order valence-corrected chi connectivity index (χ1v) is 5.65. The number of hydrogen-bond donors (Lipinski definition) is 0. The average molecular weight is 333 g/mol. The van der Waals surface area contributed by atoms with Crippen LogP contribution in [0.15, 0.2) is 18.3 Å². The molecule has 0 radical (unpaired) electrons. The van der Waals surface area contributed by atoms with Crippen LogP contribution in [0.25, 0.3) is 10.9 Å². The van der Waals surface area contributed by atoms with Crippen LogP contribution in [-0.2, 0) is 11.8 Å². The van der Waals surface area contributed by atoms with Crippen molar-refractivity contribution < 1.29 is 13.9 Å². The Bertz CT molecular complexity index is 577. The lowest BCUT2D eigenvalue weighted by Gasteiger charge is -2.03. The van der Waals surface area contributed by atoms with Crippen molar-refractivity contribution in [2.24, 2.45) is 7.05 Å². The summed E-state index contributed by atoms with van der Waals surface area (Å²) < 4.78 is 21.0. The molecule has 1 heterocycles. The molecule has 1 aromatic carbocycles. The van der Waals surface area contributed by atoms with Crippen LogP contribution in [-0.4, -0.2) is 17.6 Å². The van der Waals surface area contributed by atoms with E-state index >= 15 is 0 Å². The van der Waals surface area contributed by atoms with Gasteiger partial charge in [-0.25, -0.2) is 9.18 Å². The molecule has 1 aromatic heterocycles. The second kappa shape index (κ2) is 4.04. The summed E-state index contributed by atoms with van der Waals surface area (Å²) in [6.07, 6.45) is 1.88. The zero-order valence-electron chi connectivity index (χ0n) is 8.75. The molecule has 2 rings (SSSR count). The first-order valence-electron chi connectivity index (χ1n) is 4.57. The van der Waals surface area contributed by atoms with Crippen molar-refractivity contribution in [2.45, 2.75) is 0 Å². The minimum atomic E-state index is -0.657. The highest BCUT2D eigenvalue weighted by Gasteiger charge is 2.15. The summed E-state index contributed by atoms with van der Waals surface area (Å²) in [5.74, 6) is -1.21. The van der Waals surface area contributed by atoms with E-state index in [9.17, 15) is 9.18 Å². The highest BCUT2D eigenvalue weighted by atomic mass is 127. The number of nitrogens with zero attached hydrogens (tertiary/aromatic N) is 1. The van der Waals surface area contributed by atoms with Crippen LogP contribution in [0.5, 0.6) is 0 Å².